The minimum absolute atomic E-state index is 0.00865. The lowest BCUT2D eigenvalue weighted by Gasteiger charge is -2.30. The Balaban J connectivity index is 1.86. The third kappa shape index (κ3) is 5.33. The summed E-state index contributed by atoms with van der Waals surface area (Å²) in [5, 5.41) is 2.75. The monoisotopic (exact) mass is 419 g/mol. The first-order valence-corrected chi connectivity index (χ1v) is 11.2. The van der Waals surface area contributed by atoms with Crippen molar-refractivity contribution in [3.63, 3.8) is 0 Å². The number of nitrogens with zero attached hydrogens (tertiary/aromatic N) is 1. The summed E-state index contributed by atoms with van der Waals surface area (Å²) in [7, 11) is -3.72. The highest BCUT2D eigenvalue weighted by Gasteiger charge is 2.20. The first-order chi connectivity index (χ1) is 13.8. The molecule has 0 saturated carbocycles. The van der Waals surface area contributed by atoms with E-state index in [2.05, 4.69) is 14.9 Å². The van der Waals surface area contributed by atoms with E-state index < -0.39 is 21.7 Å². The first kappa shape index (κ1) is 21.3. The van der Waals surface area contributed by atoms with E-state index in [0.29, 0.717) is 5.69 Å². The van der Waals surface area contributed by atoms with Crippen molar-refractivity contribution in [3.8, 4) is 0 Å². The second-order valence-corrected chi connectivity index (χ2v) is 9.18. The second kappa shape index (κ2) is 8.92. The third-order valence-corrected chi connectivity index (χ3v) is 6.36. The lowest BCUT2D eigenvalue weighted by molar-refractivity contribution is 0.102. The van der Waals surface area contributed by atoms with Gasteiger partial charge in [-0.15, -0.1) is 0 Å². The Morgan fingerprint density at radius 3 is 2.48 bits per heavy atom. The molecule has 3 rings (SSSR count). The van der Waals surface area contributed by atoms with E-state index >= 15 is 0 Å². The van der Waals surface area contributed by atoms with Crippen LogP contribution in [0.1, 0.15) is 43.5 Å². The van der Waals surface area contributed by atoms with E-state index in [4.69, 9.17) is 0 Å². The van der Waals surface area contributed by atoms with Crippen LogP contribution in [-0.4, -0.2) is 33.5 Å². The molecule has 2 N–H and O–H groups in total. The number of benzene rings is 2. The Bertz CT molecular complexity index is 986. The maximum absolute atomic E-state index is 13.9. The second-order valence-electron chi connectivity index (χ2n) is 7.47. The van der Waals surface area contributed by atoms with Gasteiger partial charge >= 0.3 is 0 Å². The van der Waals surface area contributed by atoms with Gasteiger partial charge in [0.15, 0.2) is 0 Å². The van der Waals surface area contributed by atoms with E-state index in [1.807, 2.05) is 0 Å². The summed E-state index contributed by atoms with van der Waals surface area (Å²) in [5.74, 6) is -0.936. The molecule has 1 heterocycles. The number of anilines is 2. The van der Waals surface area contributed by atoms with Gasteiger partial charge in [-0.25, -0.2) is 17.5 Å². The molecule has 0 unspecified atom stereocenters. The van der Waals surface area contributed by atoms with Crippen LogP contribution in [0.5, 0.6) is 0 Å². The van der Waals surface area contributed by atoms with Gasteiger partial charge in [-0.1, -0.05) is 6.07 Å². The van der Waals surface area contributed by atoms with Crippen LogP contribution < -0.4 is 14.9 Å². The molecular weight excluding hydrogens is 393 g/mol. The van der Waals surface area contributed by atoms with Gasteiger partial charge in [0, 0.05) is 24.7 Å². The van der Waals surface area contributed by atoms with Crippen LogP contribution in [0.3, 0.4) is 0 Å². The standard InChI is InChI=1S/C21H26FN3O3S/c1-15(2)24-29(27,28)18-8-6-7-16(13-18)21(26)23-19-14-17(22)9-10-20(19)25-11-4-3-5-12-25/h6-10,13-15,24H,3-5,11-12H2,1-2H3,(H,23,26). The molecule has 0 aromatic heterocycles. The Morgan fingerprint density at radius 2 is 1.79 bits per heavy atom. The van der Waals surface area contributed by atoms with Crippen LogP contribution >= 0.6 is 0 Å². The summed E-state index contributed by atoms with van der Waals surface area (Å²) in [6.45, 7) is 5.15. The van der Waals surface area contributed by atoms with Crippen molar-refractivity contribution in [3.05, 3.63) is 53.8 Å². The fourth-order valence-corrected chi connectivity index (χ4v) is 4.69. The lowest BCUT2D eigenvalue weighted by atomic mass is 10.1. The zero-order valence-corrected chi connectivity index (χ0v) is 17.4. The zero-order chi connectivity index (χ0) is 21.0. The Morgan fingerprint density at radius 1 is 1.07 bits per heavy atom. The minimum atomic E-state index is -3.72. The van der Waals surface area contributed by atoms with Crippen LogP contribution in [-0.2, 0) is 10.0 Å². The van der Waals surface area contributed by atoms with E-state index in [1.165, 1.54) is 36.4 Å². The van der Waals surface area contributed by atoms with Gasteiger partial charge in [0.1, 0.15) is 5.82 Å². The molecule has 0 bridgehead atoms. The maximum atomic E-state index is 13.9. The summed E-state index contributed by atoms with van der Waals surface area (Å²) < 4.78 is 41.1. The van der Waals surface area contributed by atoms with Crippen molar-refractivity contribution in [2.45, 2.75) is 44.0 Å². The molecule has 1 amide bonds. The smallest absolute Gasteiger partial charge is 0.255 e. The molecular formula is C21H26FN3O3S. The number of rotatable bonds is 6. The summed E-state index contributed by atoms with van der Waals surface area (Å²) in [4.78, 5) is 14.9. The van der Waals surface area contributed by atoms with E-state index in [9.17, 15) is 17.6 Å². The van der Waals surface area contributed by atoms with Crippen LogP contribution in [0.4, 0.5) is 15.8 Å². The summed E-state index contributed by atoms with van der Waals surface area (Å²) in [6, 6.07) is 9.88. The fraction of sp³-hybridized carbons (Fsp3) is 0.381. The van der Waals surface area contributed by atoms with Gasteiger partial charge in [0.25, 0.3) is 5.91 Å². The van der Waals surface area contributed by atoms with Crippen LogP contribution in [0, 0.1) is 5.82 Å². The van der Waals surface area contributed by atoms with Crippen molar-refractivity contribution in [1.82, 2.24) is 4.72 Å². The molecule has 1 aliphatic rings. The molecule has 2 aromatic carbocycles. The van der Waals surface area contributed by atoms with Gasteiger partial charge in [0.05, 0.1) is 16.3 Å². The van der Waals surface area contributed by atoms with Gasteiger partial charge in [0.2, 0.25) is 10.0 Å². The van der Waals surface area contributed by atoms with Crippen molar-refractivity contribution < 1.29 is 17.6 Å². The van der Waals surface area contributed by atoms with Gasteiger partial charge < -0.3 is 10.2 Å². The van der Waals surface area contributed by atoms with Crippen LogP contribution in [0.15, 0.2) is 47.4 Å². The minimum Gasteiger partial charge on any atom is -0.370 e. The first-order valence-electron chi connectivity index (χ1n) is 9.74. The van der Waals surface area contributed by atoms with Crippen LogP contribution in [0.25, 0.3) is 0 Å². The lowest BCUT2D eigenvalue weighted by Crippen LogP contribution is -2.31. The van der Waals surface area contributed by atoms with Gasteiger partial charge in [-0.3, -0.25) is 4.79 Å². The molecule has 0 atom stereocenters. The SMILES string of the molecule is CC(C)NS(=O)(=O)c1cccc(C(=O)Nc2cc(F)ccc2N2CCCCC2)c1. The Hall–Kier alpha value is -2.45. The number of hydrogen-bond donors (Lipinski definition) is 2. The molecule has 1 saturated heterocycles. The highest BCUT2D eigenvalue weighted by molar-refractivity contribution is 7.89. The maximum Gasteiger partial charge on any atom is 0.255 e. The molecule has 0 aliphatic carbocycles. The van der Waals surface area contributed by atoms with Gasteiger partial charge in [-0.05, 0) is 69.5 Å². The topological polar surface area (TPSA) is 78.5 Å². The number of nitrogens with one attached hydrogen (secondary N) is 2. The normalized spacial score (nSPS) is 14.8. The molecule has 29 heavy (non-hydrogen) atoms. The van der Waals surface area contributed by atoms with Crippen LogP contribution in [0.2, 0.25) is 0 Å². The molecule has 156 valence electrons. The molecule has 8 heteroatoms. The van der Waals surface area contributed by atoms with Crippen molar-refractivity contribution >= 4 is 27.3 Å². The number of carbonyl (C=O) groups excluding carboxylic acids is 1. The molecule has 1 aliphatic heterocycles. The third-order valence-electron chi connectivity index (χ3n) is 4.70. The van der Waals surface area contributed by atoms with Crippen molar-refractivity contribution in [1.29, 1.82) is 0 Å². The Kier molecular flexibility index (Phi) is 6.54. The number of halogens is 1. The Labute approximate surface area is 171 Å². The number of hydrogen-bond acceptors (Lipinski definition) is 4. The number of amides is 1. The fourth-order valence-electron chi connectivity index (χ4n) is 3.40. The molecule has 6 nitrogen and oxygen atoms in total. The average molecular weight is 420 g/mol. The predicted molar refractivity (Wildman–Crippen MR) is 112 cm³/mol. The van der Waals surface area contributed by atoms with E-state index in [-0.39, 0.29) is 16.5 Å². The number of piperidine rings is 1. The van der Waals surface area contributed by atoms with Gasteiger partial charge in [-0.2, -0.15) is 0 Å². The van der Waals surface area contributed by atoms with Crippen molar-refractivity contribution in [2.75, 3.05) is 23.3 Å². The molecule has 1 fully saturated rings. The average Bonchev–Trinajstić information content (AvgIpc) is 2.68. The van der Waals surface area contributed by atoms with Crippen molar-refractivity contribution in [2.24, 2.45) is 0 Å². The summed E-state index contributed by atoms with van der Waals surface area (Å²) >= 11 is 0. The summed E-state index contributed by atoms with van der Waals surface area (Å²) in [5.41, 5.74) is 1.33. The number of carbonyl (C=O) groups is 1. The van der Waals surface area contributed by atoms with E-state index in [0.717, 1.165) is 38.0 Å². The number of sulfonamides is 1. The summed E-state index contributed by atoms with van der Waals surface area (Å²) in [6.07, 6.45) is 3.26. The quantitative estimate of drug-likeness (QED) is 0.747. The highest BCUT2D eigenvalue weighted by Crippen LogP contribution is 2.30. The molecule has 2 aromatic rings. The largest absolute Gasteiger partial charge is 0.370 e. The molecule has 0 spiro atoms. The highest BCUT2D eigenvalue weighted by atomic mass is 32.2. The van der Waals surface area contributed by atoms with E-state index in [1.54, 1.807) is 19.9 Å². The molecule has 0 radical (unpaired) electrons. The predicted octanol–water partition coefficient (Wildman–Crippen LogP) is 3.76. The zero-order valence-electron chi connectivity index (χ0n) is 16.6.